The second-order valence-corrected chi connectivity index (χ2v) is 1.27. The third kappa shape index (κ3) is 11.8. The van der Waals surface area contributed by atoms with Crippen molar-refractivity contribution in [3.63, 3.8) is 0 Å². The Kier molecular flexibility index (Phi) is 9.23. The van der Waals surface area contributed by atoms with Gasteiger partial charge < -0.3 is 9.84 Å². The fraction of sp³-hybridized carbons (Fsp3) is 0.333. The smallest absolute Gasteiger partial charge is 0.372 e. The molecule has 0 bridgehead atoms. The van der Waals surface area contributed by atoms with Gasteiger partial charge in [0.15, 0.2) is 5.76 Å². The predicted octanol–water partition coefficient (Wildman–Crippen LogP) is 0.522. The molecule has 0 rings (SSSR count). The van der Waals surface area contributed by atoms with Crippen LogP contribution in [0.15, 0.2) is 12.3 Å². The van der Waals surface area contributed by atoms with Crippen LogP contribution in [-0.4, -0.2) is 23.8 Å². The van der Waals surface area contributed by atoms with Crippen LogP contribution in [0.1, 0.15) is 6.92 Å². The molecular weight excluding hydrogens is 150 g/mol. The molecule has 0 aliphatic carbocycles. The molecule has 0 unspecified atom stereocenters. The number of ether oxygens (including phenoxy) is 1. The van der Waals surface area contributed by atoms with Crippen molar-refractivity contribution in [3.8, 4) is 0 Å². The van der Waals surface area contributed by atoms with E-state index in [2.05, 4.69) is 11.3 Å². The Morgan fingerprint density at radius 2 is 2.18 bits per heavy atom. The molecule has 0 amide bonds. The zero-order valence-electron chi connectivity index (χ0n) is 6.09. The lowest BCUT2D eigenvalue weighted by atomic mass is 10.6. The predicted molar refractivity (Wildman–Crippen MR) is 36.8 cm³/mol. The summed E-state index contributed by atoms with van der Waals surface area (Å²) in [5.74, 6) is -1.31. The van der Waals surface area contributed by atoms with Crippen LogP contribution >= 0.6 is 0 Å². The molecular formula is C6H9NO4. The van der Waals surface area contributed by atoms with Crippen molar-refractivity contribution in [3.05, 3.63) is 12.3 Å². The van der Waals surface area contributed by atoms with Gasteiger partial charge in [0.05, 0.1) is 6.61 Å². The highest BCUT2D eigenvalue weighted by Gasteiger charge is 2.01. The lowest BCUT2D eigenvalue weighted by molar-refractivity contribution is -0.141. The minimum atomic E-state index is -0.757. The van der Waals surface area contributed by atoms with E-state index < -0.39 is 11.7 Å². The zero-order valence-corrected chi connectivity index (χ0v) is 6.09. The van der Waals surface area contributed by atoms with Gasteiger partial charge in [-0.05, 0) is 13.5 Å². The van der Waals surface area contributed by atoms with Gasteiger partial charge in [0.25, 0.3) is 0 Å². The number of carbonyl (C=O) groups excluding carboxylic acids is 2. The number of aliphatic hydroxyl groups is 1. The molecule has 0 atom stereocenters. The first-order valence-electron chi connectivity index (χ1n) is 2.69. The summed E-state index contributed by atoms with van der Waals surface area (Å²) in [7, 11) is 0. The highest BCUT2D eigenvalue weighted by Crippen LogP contribution is 1.85. The Morgan fingerprint density at radius 3 is 2.27 bits per heavy atom. The van der Waals surface area contributed by atoms with Crippen LogP contribution in [0.4, 0.5) is 0 Å². The summed E-state index contributed by atoms with van der Waals surface area (Å²) >= 11 is 0. The lowest BCUT2D eigenvalue weighted by Gasteiger charge is -1.95. The van der Waals surface area contributed by atoms with Crippen molar-refractivity contribution in [2.45, 2.75) is 6.92 Å². The highest BCUT2D eigenvalue weighted by atomic mass is 16.5. The van der Waals surface area contributed by atoms with Crippen molar-refractivity contribution < 1.29 is 19.4 Å². The number of rotatable bonds is 2. The van der Waals surface area contributed by atoms with Gasteiger partial charge in [-0.25, -0.2) is 15.0 Å². The molecule has 0 aromatic rings. The van der Waals surface area contributed by atoms with E-state index in [0.29, 0.717) is 0 Å². The summed E-state index contributed by atoms with van der Waals surface area (Å²) in [5.41, 5.74) is 0. The molecule has 0 heterocycles. The van der Waals surface area contributed by atoms with Gasteiger partial charge in [-0.2, -0.15) is 0 Å². The van der Waals surface area contributed by atoms with Crippen LogP contribution in [0.2, 0.25) is 0 Å². The van der Waals surface area contributed by atoms with Crippen molar-refractivity contribution in [2.75, 3.05) is 6.61 Å². The summed E-state index contributed by atoms with van der Waals surface area (Å²) < 4.78 is 4.31. The molecule has 5 heteroatoms. The molecule has 0 fully saturated rings. The molecule has 0 radical (unpaired) electrons. The summed E-state index contributed by atoms with van der Waals surface area (Å²) in [5, 5.41) is 13.7. The normalized spacial score (nSPS) is 6.64. The van der Waals surface area contributed by atoms with Crippen LogP contribution < -0.4 is 0 Å². The maximum atomic E-state index is 10.2. The fourth-order valence-corrected chi connectivity index (χ4v) is 0.214. The molecule has 11 heavy (non-hydrogen) atoms. The number of esters is 1. The molecule has 0 saturated carbocycles. The third-order valence-electron chi connectivity index (χ3n) is 0.511. The van der Waals surface area contributed by atoms with E-state index in [-0.39, 0.29) is 6.61 Å². The monoisotopic (exact) mass is 159 g/mol. The van der Waals surface area contributed by atoms with E-state index in [0.717, 1.165) is 6.08 Å². The number of hydrogen-bond acceptors (Lipinski definition) is 5. The Balaban J connectivity index is 0. The summed E-state index contributed by atoms with van der Waals surface area (Å²) in [4.78, 5) is 18.5. The molecule has 0 spiro atoms. The van der Waals surface area contributed by atoms with E-state index in [9.17, 15) is 4.79 Å². The van der Waals surface area contributed by atoms with Crippen LogP contribution in [0, 0.1) is 5.41 Å². The minimum Gasteiger partial charge on any atom is -0.502 e. The summed E-state index contributed by atoms with van der Waals surface area (Å²) in [6.07, 6.45) is 0.750. The quantitative estimate of drug-likeness (QED) is 0.202. The lowest BCUT2D eigenvalue weighted by Crippen LogP contribution is -2.05. The fourth-order valence-electron chi connectivity index (χ4n) is 0.214. The second-order valence-electron chi connectivity index (χ2n) is 1.27. The number of aliphatic hydroxyl groups excluding tert-OH is 1. The number of nitrogens with one attached hydrogen (secondary N) is 1. The molecule has 0 aliphatic rings. The van der Waals surface area contributed by atoms with E-state index in [1.54, 1.807) is 6.92 Å². The Bertz CT molecular complexity index is 169. The molecule has 0 aliphatic heterocycles. The number of hydrogen-bond donors (Lipinski definition) is 2. The van der Waals surface area contributed by atoms with E-state index in [1.165, 1.54) is 0 Å². The topological polar surface area (TPSA) is 87.4 Å². The van der Waals surface area contributed by atoms with E-state index >= 15 is 0 Å². The van der Waals surface area contributed by atoms with Crippen molar-refractivity contribution in [1.82, 2.24) is 0 Å². The average Bonchev–Trinajstić information content (AvgIpc) is 1.90. The van der Waals surface area contributed by atoms with Gasteiger partial charge in [0.1, 0.15) is 0 Å². The van der Waals surface area contributed by atoms with Gasteiger partial charge in [0.2, 0.25) is 6.08 Å². The number of isocyanates is 1. The SMILES string of the molecule is C=C(O)C(=O)OCC.N=C=O. The first kappa shape index (κ1) is 12.1. The van der Waals surface area contributed by atoms with Crippen LogP contribution in [-0.2, 0) is 14.3 Å². The summed E-state index contributed by atoms with van der Waals surface area (Å²) in [6, 6.07) is 0. The Labute approximate surface area is 63.8 Å². The van der Waals surface area contributed by atoms with Crippen LogP contribution in [0.25, 0.3) is 0 Å². The average molecular weight is 159 g/mol. The van der Waals surface area contributed by atoms with Gasteiger partial charge in [0, 0.05) is 0 Å². The van der Waals surface area contributed by atoms with Gasteiger partial charge in [-0.3, -0.25) is 0 Å². The molecule has 0 aromatic heterocycles. The molecule has 2 N–H and O–H groups in total. The molecule has 0 saturated heterocycles. The second kappa shape index (κ2) is 8.39. The van der Waals surface area contributed by atoms with Crippen LogP contribution in [0.5, 0.6) is 0 Å². The van der Waals surface area contributed by atoms with Crippen molar-refractivity contribution in [2.24, 2.45) is 0 Å². The highest BCUT2D eigenvalue weighted by molar-refractivity contribution is 5.84. The largest absolute Gasteiger partial charge is 0.502 e. The first-order valence-corrected chi connectivity index (χ1v) is 2.69. The van der Waals surface area contributed by atoms with Crippen molar-refractivity contribution >= 4 is 12.0 Å². The van der Waals surface area contributed by atoms with Gasteiger partial charge in [-0.1, -0.05) is 0 Å². The van der Waals surface area contributed by atoms with Gasteiger partial charge in [-0.15, -0.1) is 0 Å². The van der Waals surface area contributed by atoms with Crippen molar-refractivity contribution in [1.29, 1.82) is 5.41 Å². The van der Waals surface area contributed by atoms with Crippen LogP contribution in [0.3, 0.4) is 0 Å². The molecule has 5 nitrogen and oxygen atoms in total. The third-order valence-corrected chi connectivity index (χ3v) is 0.511. The summed E-state index contributed by atoms with van der Waals surface area (Å²) in [6.45, 7) is 4.87. The maximum Gasteiger partial charge on any atom is 0.372 e. The van der Waals surface area contributed by atoms with Gasteiger partial charge >= 0.3 is 5.97 Å². The maximum absolute atomic E-state index is 10.2. The van der Waals surface area contributed by atoms with E-state index in [1.807, 2.05) is 0 Å². The molecule has 62 valence electrons. The first-order chi connectivity index (χ1) is 5.09. The van der Waals surface area contributed by atoms with E-state index in [4.69, 9.17) is 15.3 Å². The molecule has 0 aromatic carbocycles. The minimum absolute atomic E-state index is 0.262. The Morgan fingerprint density at radius 1 is 1.82 bits per heavy atom. The standard InChI is InChI=1S/C5H8O3.CHNO/c1-3-8-5(7)4(2)6;2-1-3/h6H,2-3H2,1H3;2H. The zero-order chi connectivity index (χ0) is 9.28. The number of carbonyl (C=O) groups is 1. The Hall–Kier alpha value is -1.61.